The van der Waals surface area contributed by atoms with E-state index < -0.39 is 0 Å². The van der Waals surface area contributed by atoms with Crippen molar-refractivity contribution >= 4 is 11.3 Å². The van der Waals surface area contributed by atoms with Gasteiger partial charge >= 0.3 is 0 Å². The van der Waals surface area contributed by atoms with Crippen molar-refractivity contribution in [1.82, 2.24) is 4.40 Å². The molecule has 0 atom stereocenters. The van der Waals surface area contributed by atoms with Crippen LogP contribution in [-0.2, 0) is 6.54 Å². The molecule has 3 rings (SSSR count). The van der Waals surface area contributed by atoms with Crippen LogP contribution in [-0.4, -0.2) is 10.2 Å². The number of nitrogens with zero attached hydrogens (tertiary/aromatic N) is 1. The summed E-state index contributed by atoms with van der Waals surface area (Å²) in [6.07, 6.45) is 1.91. The van der Waals surface area contributed by atoms with Crippen LogP contribution in [0.4, 0.5) is 0 Å². The summed E-state index contributed by atoms with van der Waals surface area (Å²) in [5.74, 6) is 0.0315. The first kappa shape index (κ1) is 12.6. The minimum atomic E-state index is 0.0315. The molecule has 0 saturated carbocycles. The van der Waals surface area contributed by atoms with Gasteiger partial charge in [0.05, 0.1) is 11.2 Å². The molecule has 2 aromatic heterocycles. The number of carbonyl (C=O) groups excluding carboxylic acids is 1. The maximum absolute atomic E-state index is 12.7. The second-order valence-corrected chi connectivity index (χ2v) is 4.81. The summed E-state index contributed by atoms with van der Waals surface area (Å²) >= 11 is 0. The third kappa shape index (κ3) is 1.84. The zero-order valence-electron chi connectivity index (χ0n) is 11.3. The van der Waals surface area contributed by atoms with Gasteiger partial charge in [-0.25, -0.2) is 0 Å². The third-order valence-electron chi connectivity index (χ3n) is 3.67. The van der Waals surface area contributed by atoms with E-state index in [0.717, 1.165) is 16.6 Å². The van der Waals surface area contributed by atoms with E-state index in [-0.39, 0.29) is 5.78 Å². The first-order valence-electron chi connectivity index (χ1n) is 6.62. The van der Waals surface area contributed by atoms with Crippen molar-refractivity contribution < 1.29 is 4.79 Å². The zero-order chi connectivity index (χ0) is 14.1. The van der Waals surface area contributed by atoms with E-state index in [1.807, 2.05) is 66.1 Å². The van der Waals surface area contributed by atoms with Crippen LogP contribution in [0.1, 0.15) is 27.2 Å². The summed E-state index contributed by atoms with van der Waals surface area (Å²) in [6, 6.07) is 15.2. The van der Waals surface area contributed by atoms with Gasteiger partial charge < -0.3 is 10.1 Å². The third-order valence-corrected chi connectivity index (χ3v) is 3.67. The average molecular weight is 264 g/mol. The lowest BCUT2D eigenvalue weighted by molar-refractivity contribution is 0.103. The molecule has 0 aliphatic rings. The molecule has 0 saturated heterocycles. The van der Waals surface area contributed by atoms with Crippen molar-refractivity contribution in [1.29, 1.82) is 0 Å². The van der Waals surface area contributed by atoms with Gasteiger partial charge in [0.2, 0.25) is 5.78 Å². The Morgan fingerprint density at radius 2 is 1.80 bits per heavy atom. The number of benzene rings is 1. The monoisotopic (exact) mass is 264 g/mol. The molecule has 0 bridgehead atoms. The van der Waals surface area contributed by atoms with E-state index in [0.29, 0.717) is 17.8 Å². The summed E-state index contributed by atoms with van der Waals surface area (Å²) in [5, 5.41) is 0. The van der Waals surface area contributed by atoms with Crippen LogP contribution in [0, 0.1) is 6.92 Å². The van der Waals surface area contributed by atoms with E-state index in [9.17, 15) is 4.79 Å². The maximum atomic E-state index is 12.7. The van der Waals surface area contributed by atoms with Crippen molar-refractivity contribution in [3.05, 3.63) is 77.1 Å². The standard InChI is InChI=1S/C17H16N2O/c1-12-14(11-18)15-9-5-6-10-19(15)16(12)17(20)13-7-3-2-4-8-13/h2-10H,11,18H2,1H3. The van der Waals surface area contributed by atoms with Crippen LogP contribution in [0.5, 0.6) is 0 Å². The maximum Gasteiger partial charge on any atom is 0.210 e. The molecule has 3 aromatic rings. The fourth-order valence-corrected chi connectivity index (χ4v) is 2.66. The van der Waals surface area contributed by atoms with Gasteiger partial charge in [0, 0.05) is 18.3 Å². The van der Waals surface area contributed by atoms with Gasteiger partial charge in [-0.3, -0.25) is 4.79 Å². The molecule has 0 spiro atoms. The molecule has 0 amide bonds. The summed E-state index contributed by atoms with van der Waals surface area (Å²) in [5.41, 5.74) is 10.2. The van der Waals surface area contributed by atoms with Gasteiger partial charge in [-0.05, 0) is 30.2 Å². The highest BCUT2D eigenvalue weighted by Gasteiger charge is 2.20. The number of ketones is 1. The first-order chi connectivity index (χ1) is 9.74. The first-order valence-corrected chi connectivity index (χ1v) is 6.62. The largest absolute Gasteiger partial charge is 0.326 e. The number of rotatable bonds is 3. The highest BCUT2D eigenvalue weighted by molar-refractivity contribution is 6.10. The molecule has 0 fully saturated rings. The van der Waals surface area contributed by atoms with E-state index in [4.69, 9.17) is 5.73 Å². The van der Waals surface area contributed by atoms with Crippen LogP contribution in [0.2, 0.25) is 0 Å². The van der Waals surface area contributed by atoms with E-state index >= 15 is 0 Å². The molecule has 1 aromatic carbocycles. The smallest absolute Gasteiger partial charge is 0.210 e. The minimum absolute atomic E-state index is 0.0315. The zero-order valence-corrected chi connectivity index (χ0v) is 11.3. The van der Waals surface area contributed by atoms with Crippen LogP contribution in [0.3, 0.4) is 0 Å². The number of hydrogen-bond donors (Lipinski definition) is 1. The quantitative estimate of drug-likeness (QED) is 0.739. The Morgan fingerprint density at radius 3 is 2.50 bits per heavy atom. The lowest BCUT2D eigenvalue weighted by Crippen LogP contribution is -2.06. The highest BCUT2D eigenvalue weighted by Crippen LogP contribution is 2.24. The van der Waals surface area contributed by atoms with Gasteiger partial charge in [-0.2, -0.15) is 0 Å². The van der Waals surface area contributed by atoms with Crippen molar-refractivity contribution in [2.45, 2.75) is 13.5 Å². The van der Waals surface area contributed by atoms with Gasteiger partial charge in [0.1, 0.15) is 0 Å². The predicted octanol–water partition coefficient (Wildman–Crippen LogP) is 2.94. The molecule has 0 aliphatic heterocycles. The minimum Gasteiger partial charge on any atom is -0.326 e. The average Bonchev–Trinajstić information content (AvgIpc) is 2.79. The van der Waals surface area contributed by atoms with Gasteiger partial charge in [0.25, 0.3) is 0 Å². The fourth-order valence-electron chi connectivity index (χ4n) is 2.66. The van der Waals surface area contributed by atoms with Gasteiger partial charge in [-0.15, -0.1) is 0 Å². The normalized spacial score (nSPS) is 10.9. The second kappa shape index (κ2) is 4.94. The number of carbonyl (C=O) groups is 1. The van der Waals surface area contributed by atoms with E-state index in [2.05, 4.69) is 0 Å². The topological polar surface area (TPSA) is 47.5 Å². The lowest BCUT2D eigenvalue weighted by Gasteiger charge is -2.03. The second-order valence-electron chi connectivity index (χ2n) is 4.81. The molecule has 20 heavy (non-hydrogen) atoms. The Labute approximate surface area is 117 Å². The number of aromatic nitrogens is 1. The van der Waals surface area contributed by atoms with E-state index in [1.54, 1.807) is 0 Å². The van der Waals surface area contributed by atoms with Crippen LogP contribution >= 0.6 is 0 Å². The molecule has 0 unspecified atom stereocenters. The summed E-state index contributed by atoms with van der Waals surface area (Å²) in [7, 11) is 0. The Morgan fingerprint density at radius 1 is 1.10 bits per heavy atom. The number of hydrogen-bond acceptors (Lipinski definition) is 2. The SMILES string of the molecule is Cc1c(CN)c2ccccn2c1C(=O)c1ccccc1. The van der Waals surface area contributed by atoms with Crippen molar-refractivity contribution in [2.75, 3.05) is 0 Å². The molecule has 0 aliphatic carbocycles. The molecule has 3 heteroatoms. The fraction of sp³-hybridized carbons (Fsp3) is 0.118. The number of fused-ring (bicyclic) bond motifs is 1. The van der Waals surface area contributed by atoms with Gasteiger partial charge in [0.15, 0.2) is 0 Å². The van der Waals surface area contributed by atoms with Crippen LogP contribution < -0.4 is 5.73 Å². The van der Waals surface area contributed by atoms with E-state index in [1.165, 1.54) is 0 Å². The molecule has 2 N–H and O–H groups in total. The van der Waals surface area contributed by atoms with Crippen molar-refractivity contribution in [3.8, 4) is 0 Å². The molecular weight excluding hydrogens is 248 g/mol. The molecule has 0 radical (unpaired) electrons. The van der Waals surface area contributed by atoms with Gasteiger partial charge in [-0.1, -0.05) is 36.4 Å². The van der Waals surface area contributed by atoms with Crippen LogP contribution in [0.15, 0.2) is 54.7 Å². The molecule has 3 nitrogen and oxygen atoms in total. The number of nitrogens with two attached hydrogens (primary N) is 1. The molecular formula is C17H16N2O. The Hall–Kier alpha value is -2.39. The Balaban J connectivity index is 2.27. The summed E-state index contributed by atoms with van der Waals surface area (Å²) in [6.45, 7) is 2.40. The number of pyridine rings is 1. The Kier molecular flexibility index (Phi) is 3.12. The lowest BCUT2D eigenvalue weighted by atomic mass is 10.0. The molecule has 2 heterocycles. The highest BCUT2D eigenvalue weighted by atomic mass is 16.1. The molecule has 100 valence electrons. The summed E-state index contributed by atoms with van der Waals surface area (Å²) in [4.78, 5) is 12.7. The Bertz CT molecular complexity index is 772. The summed E-state index contributed by atoms with van der Waals surface area (Å²) < 4.78 is 1.94. The van der Waals surface area contributed by atoms with Crippen LogP contribution in [0.25, 0.3) is 5.52 Å². The van der Waals surface area contributed by atoms with Crippen molar-refractivity contribution in [3.63, 3.8) is 0 Å². The van der Waals surface area contributed by atoms with Crippen molar-refractivity contribution in [2.24, 2.45) is 5.73 Å². The predicted molar refractivity (Wildman–Crippen MR) is 79.9 cm³/mol.